The standard InChI is InChI=1S/C12H16N2O4/c1-18-10(12(16)17)7-14-11(15)6-8-2-4-9(13)5-3-8/h2-5,10H,6-7,13H2,1H3,(H,14,15)(H,16,17). The lowest BCUT2D eigenvalue weighted by molar-refractivity contribution is -0.148. The number of anilines is 1. The summed E-state index contributed by atoms with van der Waals surface area (Å²) in [5, 5.41) is 11.2. The number of benzene rings is 1. The van der Waals surface area contributed by atoms with Crippen molar-refractivity contribution in [3.63, 3.8) is 0 Å². The van der Waals surface area contributed by atoms with Crippen LogP contribution < -0.4 is 11.1 Å². The second kappa shape index (κ2) is 6.61. The fourth-order valence-corrected chi connectivity index (χ4v) is 1.36. The van der Waals surface area contributed by atoms with Gasteiger partial charge in [0.25, 0.3) is 0 Å². The van der Waals surface area contributed by atoms with E-state index in [1.54, 1.807) is 24.3 Å². The Morgan fingerprint density at radius 1 is 1.39 bits per heavy atom. The van der Waals surface area contributed by atoms with Gasteiger partial charge in [0, 0.05) is 12.8 Å². The van der Waals surface area contributed by atoms with Crippen LogP contribution in [-0.4, -0.2) is 36.7 Å². The highest BCUT2D eigenvalue weighted by Crippen LogP contribution is 2.05. The molecular formula is C12H16N2O4. The topological polar surface area (TPSA) is 102 Å². The maximum absolute atomic E-state index is 11.5. The number of hydrogen-bond acceptors (Lipinski definition) is 4. The van der Waals surface area contributed by atoms with Crippen molar-refractivity contribution >= 4 is 17.6 Å². The number of nitrogens with two attached hydrogens (primary N) is 1. The average molecular weight is 252 g/mol. The SMILES string of the molecule is COC(CNC(=O)Cc1ccc(N)cc1)C(=O)O. The molecule has 1 rings (SSSR count). The minimum absolute atomic E-state index is 0.0559. The van der Waals surface area contributed by atoms with E-state index in [1.165, 1.54) is 7.11 Å². The Morgan fingerprint density at radius 3 is 2.50 bits per heavy atom. The van der Waals surface area contributed by atoms with Crippen LogP contribution in [0.1, 0.15) is 5.56 Å². The summed E-state index contributed by atoms with van der Waals surface area (Å²) in [5.41, 5.74) is 6.97. The molecular weight excluding hydrogens is 236 g/mol. The van der Waals surface area contributed by atoms with Crippen LogP contribution in [0.15, 0.2) is 24.3 Å². The zero-order valence-corrected chi connectivity index (χ0v) is 10.1. The van der Waals surface area contributed by atoms with Crippen molar-refractivity contribution in [3.05, 3.63) is 29.8 Å². The molecule has 1 unspecified atom stereocenters. The molecule has 0 radical (unpaired) electrons. The number of carboxylic acids is 1. The van der Waals surface area contributed by atoms with E-state index < -0.39 is 12.1 Å². The number of ether oxygens (including phenoxy) is 1. The van der Waals surface area contributed by atoms with Crippen LogP contribution in [0.3, 0.4) is 0 Å². The van der Waals surface area contributed by atoms with Crippen molar-refractivity contribution in [3.8, 4) is 0 Å². The van der Waals surface area contributed by atoms with Crippen molar-refractivity contribution in [2.75, 3.05) is 19.4 Å². The van der Waals surface area contributed by atoms with Crippen LogP contribution in [0.4, 0.5) is 5.69 Å². The van der Waals surface area contributed by atoms with Crippen LogP contribution in [0, 0.1) is 0 Å². The predicted octanol–water partition coefficient (Wildman–Crippen LogP) is 0.0271. The van der Waals surface area contributed by atoms with Crippen molar-refractivity contribution in [1.82, 2.24) is 5.32 Å². The Labute approximate surface area is 105 Å². The summed E-state index contributed by atoms with van der Waals surface area (Å²) in [7, 11) is 1.28. The largest absolute Gasteiger partial charge is 0.479 e. The first-order chi connectivity index (χ1) is 8.52. The van der Waals surface area contributed by atoms with Gasteiger partial charge < -0.3 is 20.9 Å². The molecule has 1 aromatic rings. The number of aliphatic carboxylic acids is 1. The van der Waals surface area contributed by atoms with Gasteiger partial charge in [0.05, 0.1) is 13.0 Å². The zero-order valence-electron chi connectivity index (χ0n) is 10.1. The maximum Gasteiger partial charge on any atom is 0.334 e. The molecule has 1 atom stereocenters. The first-order valence-corrected chi connectivity index (χ1v) is 5.39. The number of nitrogens with one attached hydrogen (secondary N) is 1. The molecule has 0 fully saturated rings. The molecule has 0 aliphatic rings. The molecule has 0 saturated carbocycles. The summed E-state index contributed by atoms with van der Waals surface area (Å²) in [5.74, 6) is -1.37. The smallest absolute Gasteiger partial charge is 0.334 e. The minimum Gasteiger partial charge on any atom is -0.479 e. The molecule has 0 aliphatic carbocycles. The molecule has 1 amide bonds. The van der Waals surface area contributed by atoms with E-state index >= 15 is 0 Å². The van der Waals surface area contributed by atoms with Crippen molar-refractivity contribution in [2.45, 2.75) is 12.5 Å². The summed E-state index contributed by atoms with van der Waals surface area (Å²) in [6.45, 7) is -0.0559. The maximum atomic E-state index is 11.5. The van der Waals surface area contributed by atoms with Crippen LogP contribution in [0.5, 0.6) is 0 Å². The molecule has 0 saturated heterocycles. The number of carboxylic acid groups (broad SMARTS) is 1. The lowest BCUT2D eigenvalue weighted by atomic mass is 10.1. The summed E-state index contributed by atoms with van der Waals surface area (Å²) < 4.78 is 4.70. The molecule has 6 heteroatoms. The molecule has 0 aliphatic heterocycles. The molecule has 0 bridgehead atoms. The first kappa shape index (κ1) is 14.0. The lowest BCUT2D eigenvalue weighted by Gasteiger charge is -2.11. The number of amides is 1. The molecule has 0 spiro atoms. The lowest BCUT2D eigenvalue weighted by Crippen LogP contribution is -2.38. The van der Waals surface area contributed by atoms with Gasteiger partial charge in [0.2, 0.25) is 5.91 Å². The van der Waals surface area contributed by atoms with E-state index in [1.807, 2.05) is 0 Å². The van der Waals surface area contributed by atoms with Gasteiger partial charge >= 0.3 is 5.97 Å². The van der Waals surface area contributed by atoms with E-state index in [2.05, 4.69) is 5.32 Å². The third-order valence-electron chi connectivity index (χ3n) is 2.39. The number of nitrogen functional groups attached to an aromatic ring is 1. The van der Waals surface area contributed by atoms with E-state index in [4.69, 9.17) is 15.6 Å². The number of rotatable bonds is 6. The van der Waals surface area contributed by atoms with Crippen LogP contribution in [0.2, 0.25) is 0 Å². The summed E-state index contributed by atoms with van der Waals surface area (Å²) in [6.07, 6.45) is -0.851. The highest BCUT2D eigenvalue weighted by Gasteiger charge is 2.16. The van der Waals surface area contributed by atoms with Gasteiger partial charge in [-0.05, 0) is 17.7 Å². The molecule has 18 heavy (non-hydrogen) atoms. The average Bonchev–Trinajstić information content (AvgIpc) is 2.32. The molecule has 6 nitrogen and oxygen atoms in total. The second-order valence-corrected chi connectivity index (χ2v) is 3.79. The fourth-order valence-electron chi connectivity index (χ4n) is 1.36. The summed E-state index contributed by atoms with van der Waals surface area (Å²) >= 11 is 0. The van der Waals surface area contributed by atoms with Gasteiger partial charge in [-0.15, -0.1) is 0 Å². The monoisotopic (exact) mass is 252 g/mol. The highest BCUT2D eigenvalue weighted by atomic mass is 16.5. The zero-order chi connectivity index (χ0) is 13.5. The van der Waals surface area contributed by atoms with Crippen LogP contribution >= 0.6 is 0 Å². The Morgan fingerprint density at radius 2 is 2.00 bits per heavy atom. The van der Waals surface area contributed by atoms with Crippen molar-refractivity contribution in [2.24, 2.45) is 0 Å². The minimum atomic E-state index is -1.11. The molecule has 0 heterocycles. The molecule has 98 valence electrons. The Bertz CT molecular complexity index is 417. The Kier molecular flexibility index (Phi) is 5.13. The van der Waals surface area contributed by atoms with Gasteiger partial charge in [-0.2, -0.15) is 0 Å². The Hall–Kier alpha value is -2.08. The molecule has 4 N–H and O–H groups in total. The fraction of sp³-hybridized carbons (Fsp3) is 0.333. The number of carbonyl (C=O) groups is 2. The second-order valence-electron chi connectivity index (χ2n) is 3.79. The quantitative estimate of drug-likeness (QED) is 0.620. The van der Waals surface area contributed by atoms with Crippen molar-refractivity contribution < 1.29 is 19.4 Å². The van der Waals surface area contributed by atoms with Crippen LogP contribution in [-0.2, 0) is 20.7 Å². The van der Waals surface area contributed by atoms with E-state index in [0.29, 0.717) is 5.69 Å². The van der Waals surface area contributed by atoms with E-state index in [9.17, 15) is 9.59 Å². The number of methoxy groups -OCH3 is 1. The normalized spacial score (nSPS) is 11.8. The van der Waals surface area contributed by atoms with Crippen molar-refractivity contribution in [1.29, 1.82) is 0 Å². The van der Waals surface area contributed by atoms with Gasteiger partial charge in [-0.1, -0.05) is 12.1 Å². The third kappa shape index (κ3) is 4.42. The van der Waals surface area contributed by atoms with E-state index in [-0.39, 0.29) is 18.9 Å². The molecule has 1 aromatic carbocycles. The van der Waals surface area contributed by atoms with Gasteiger partial charge in [-0.3, -0.25) is 4.79 Å². The van der Waals surface area contributed by atoms with Crippen LogP contribution in [0.25, 0.3) is 0 Å². The summed E-state index contributed by atoms with van der Waals surface area (Å²) in [6, 6.07) is 6.91. The summed E-state index contributed by atoms with van der Waals surface area (Å²) in [4.78, 5) is 22.2. The Balaban J connectivity index is 2.42. The third-order valence-corrected chi connectivity index (χ3v) is 2.39. The number of hydrogen-bond donors (Lipinski definition) is 3. The number of carbonyl (C=O) groups excluding carboxylic acids is 1. The predicted molar refractivity (Wildman–Crippen MR) is 66.0 cm³/mol. The van der Waals surface area contributed by atoms with Gasteiger partial charge in [0.1, 0.15) is 0 Å². The van der Waals surface area contributed by atoms with Gasteiger partial charge in [0.15, 0.2) is 6.10 Å². The molecule has 0 aromatic heterocycles. The first-order valence-electron chi connectivity index (χ1n) is 5.39. The van der Waals surface area contributed by atoms with E-state index in [0.717, 1.165) is 5.56 Å². The van der Waals surface area contributed by atoms with Gasteiger partial charge in [-0.25, -0.2) is 4.79 Å². The highest BCUT2D eigenvalue weighted by molar-refractivity contribution is 5.80.